The molecule has 1 saturated carbocycles. The van der Waals surface area contributed by atoms with Crippen molar-refractivity contribution < 1.29 is 38.4 Å². The number of nitrogens with one attached hydrogen (secondary N) is 1. The molecule has 2 aromatic carbocycles. The Morgan fingerprint density at radius 3 is 2.37 bits per heavy atom. The van der Waals surface area contributed by atoms with Crippen molar-refractivity contribution in [2.75, 3.05) is 16.8 Å². The summed E-state index contributed by atoms with van der Waals surface area (Å²) in [6.07, 6.45) is -0.396. The second-order valence-corrected chi connectivity index (χ2v) is 25.0. The van der Waals surface area contributed by atoms with Gasteiger partial charge in [-0.3, -0.25) is 10.2 Å². The maximum atomic E-state index is 18.0. The molecule has 4 aromatic rings. The van der Waals surface area contributed by atoms with Crippen LogP contribution in [0, 0.1) is 17.3 Å². The molecule has 3 N–H and O–H groups in total. The number of fused-ring (bicyclic) bond motifs is 6. The van der Waals surface area contributed by atoms with Crippen LogP contribution in [0.2, 0.25) is 16.6 Å². The first-order chi connectivity index (χ1) is 29.3. The number of ether oxygens (including phenoxy) is 3. The fraction of sp³-hybridized carbons (Fsp3) is 0.553. The molecule has 5 heterocycles. The van der Waals surface area contributed by atoms with Crippen molar-refractivity contribution in [2.24, 2.45) is 0 Å². The number of amides is 2. The lowest BCUT2D eigenvalue weighted by molar-refractivity contribution is 0.0542. The summed E-state index contributed by atoms with van der Waals surface area (Å²) in [5, 5.41) is 25.5. The molecule has 15 heteroatoms. The minimum absolute atomic E-state index is 0.0862. The lowest BCUT2D eigenvalue weighted by Crippen LogP contribution is -2.64. The molecule has 2 saturated heterocycles. The first-order valence-electron chi connectivity index (χ1n) is 22.1. The molecule has 13 nitrogen and oxygen atoms in total. The smallest absolute Gasteiger partial charge is 0.412 e. The van der Waals surface area contributed by atoms with E-state index in [0.29, 0.717) is 82.3 Å². The number of hydrogen-bond donors (Lipinski definition) is 3. The maximum Gasteiger partial charge on any atom is 0.412 e. The summed E-state index contributed by atoms with van der Waals surface area (Å²) >= 11 is 0. The van der Waals surface area contributed by atoms with E-state index < -0.39 is 62.1 Å². The second-order valence-electron chi connectivity index (χ2n) is 19.4. The molecule has 2 bridgehead atoms. The van der Waals surface area contributed by atoms with E-state index in [9.17, 15) is 19.8 Å². The van der Waals surface area contributed by atoms with Crippen molar-refractivity contribution in [1.82, 2.24) is 19.9 Å². The molecule has 6 atom stereocenters. The molecule has 2 amide bonds. The maximum absolute atomic E-state index is 18.0. The van der Waals surface area contributed by atoms with E-state index in [4.69, 9.17) is 29.2 Å². The molecule has 4 aliphatic rings. The van der Waals surface area contributed by atoms with Gasteiger partial charge in [-0.05, 0) is 100 Å². The summed E-state index contributed by atoms with van der Waals surface area (Å²) in [6.45, 7) is 21.1. The van der Waals surface area contributed by atoms with Gasteiger partial charge in [-0.15, -0.1) is 5.54 Å². The van der Waals surface area contributed by atoms with Crippen LogP contribution in [-0.2, 0) is 4.74 Å². The quantitative estimate of drug-likeness (QED) is 0.120. The van der Waals surface area contributed by atoms with E-state index in [0.717, 1.165) is 6.42 Å². The fourth-order valence-corrected chi connectivity index (χ4v) is 16.2. The lowest BCUT2D eigenvalue weighted by Gasteiger charge is -2.47. The van der Waals surface area contributed by atoms with Gasteiger partial charge in [0.2, 0.25) is 5.88 Å². The Morgan fingerprint density at radius 2 is 1.73 bits per heavy atom. The van der Waals surface area contributed by atoms with Crippen molar-refractivity contribution >= 4 is 53.4 Å². The molecule has 330 valence electrons. The minimum Gasteiger partial charge on any atom is -0.472 e. The highest BCUT2D eigenvalue weighted by Crippen LogP contribution is 2.48. The number of piperazine rings is 1. The van der Waals surface area contributed by atoms with Gasteiger partial charge in [-0.1, -0.05) is 59.6 Å². The Morgan fingerprint density at radius 1 is 1.00 bits per heavy atom. The molecule has 8 rings (SSSR count). The van der Waals surface area contributed by atoms with E-state index >= 15 is 4.39 Å². The summed E-state index contributed by atoms with van der Waals surface area (Å²) in [5.41, 5.74) is 5.40. The van der Waals surface area contributed by atoms with Gasteiger partial charge in [0.25, 0.3) is 0 Å². The molecule has 3 aliphatic heterocycles. The van der Waals surface area contributed by atoms with Crippen LogP contribution in [0.1, 0.15) is 107 Å². The number of carbonyl (C=O) groups is 2. The topological polar surface area (TPSA) is 159 Å². The molecule has 2 aromatic heterocycles. The Bertz CT molecular complexity index is 2480. The zero-order chi connectivity index (χ0) is 44.6. The molecule has 2 unspecified atom stereocenters. The highest BCUT2D eigenvalue weighted by Gasteiger charge is 2.53. The number of nitrogens with zero attached hydrogens (tertiary/aromatic N) is 5. The third-order valence-electron chi connectivity index (χ3n) is 13.5. The van der Waals surface area contributed by atoms with E-state index in [1.165, 1.54) is 4.90 Å². The van der Waals surface area contributed by atoms with Gasteiger partial charge in [-0.25, -0.2) is 19.0 Å². The number of anilines is 2. The van der Waals surface area contributed by atoms with Gasteiger partial charge in [0.15, 0.2) is 5.82 Å². The van der Waals surface area contributed by atoms with Crippen molar-refractivity contribution in [2.45, 2.75) is 160 Å². The van der Waals surface area contributed by atoms with Crippen LogP contribution in [0.3, 0.4) is 0 Å². The summed E-state index contributed by atoms with van der Waals surface area (Å²) in [7, 11) is -2.22. The third kappa shape index (κ3) is 7.56. The zero-order valence-electron chi connectivity index (χ0n) is 37.4. The highest BCUT2D eigenvalue weighted by molar-refractivity contribution is 6.90. The van der Waals surface area contributed by atoms with Gasteiger partial charge in [-0.2, -0.15) is 9.97 Å². The monoisotopic (exact) mass is 866 g/mol. The number of hydrogen-bond acceptors (Lipinski definition) is 10. The number of carboxylic acid groups (broad SMARTS) is 1. The highest BCUT2D eigenvalue weighted by atomic mass is 28.3. The number of halogens is 1. The number of aromatic nitrogens is 3. The summed E-state index contributed by atoms with van der Waals surface area (Å²) in [4.78, 5) is 44.0. The Labute approximate surface area is 363 Å². The van der Waals surface area contributed by atoms with Gasteiger partial charge in [0.05, 0.1) is 24.2 Å². The Hall–Kier alpha value is -5.20. The number of pyridine rings is 1. The summed E-state index contributed by atoms with van der Waals surface area (Å²) < 4.78 is 36.7. The van der Waals surface area contributed by atoms with Crippen LogP contribution in [0.25, 0.3) is 32.9 Å². The minimum atomic E-state index is -2.22. The van der Waals surface area contributed by atoms with Crippen LogP contribution >= 0.6 is 0 Å². The van der Waals surface area contributed by atoms with E-state index in [1.807, 2.05) is 36.1 Å². The van der Waals surface area contributed by atoms with E-state index in [1.54, 1.807) is 26.8 Å². The number of benzene rings is 2. The predicted octanol–water partition coefficient (Wildman–Crippen LogP) is 9.67. The van der Waals surface area contributed by atoms with Crippen LogP contribution in [0.15, 0.2) is 30.3 Å². The number of carbonyl (C=O) groups excluding carboxylic acids is 1. The average Bonchev–Trinajstić information content (AvgIpc) is 3.70. The van der Waals surface area contributed by atoms with Crippen LogP contribution in [-0.4, -0.2) is 98.9 Å². The molecule has 0 radical (unpaired) electrons. The number of aliphatic hydroxyl groups is 1. The molecule has 62 heavy (non-hydrogen) atoms. The lowest BCUT2D eigenvalue weighted by atomic mass is 9.95. The van der Waals surface area contributed by atoms with E-state index in [2.05, 4.69) is 58.3 Å². The first-order valence-corrected chi connectivity index (χ1v) is 24.3. The molecular formula is C47H59FN6O7Si. The number of rotatable bonds is 7. The van der Waals surface area contributed by atoms with Crippen molar-refractivity contribution in [3.8, 4) is 34.6 Å². The normalized spacial score (nSPS) is 23.3. The molecular weight excluding hydrogens is 808 g/mol. The molecule has 3 fully saturated rings. The third-order valence-corrected chi connectivity index (χ3v) is 19.8. The summed E-state index contributed by atoms with van der Waals surface area (Å²) in [6, 6.07) is 7.94. The van der Waals surface area contributed by atoms with E-state index in [-0.39, 0.29) is 34.5 Å². The number of aliphatic hydroxyl groups excluding tert-OH is 1. The SMILES string of the molecule is CC(C)[Si](C#Cc1cccc2cc(NC(=O)OC(C)(C)C)cc(-c3nc4c5c(nc(O[C@@H]6CCC[C@H]6O)nc5c3F)N3C[C@H]5CCC(C3[C@H](C)O4)N5C(=O)O)c12)(C(C)C)C(C)C. The first kappa shape index (κ1) is 43.4. The largest absolute Gasteiger partial charge is 0.472 e. The molecule has 0 spiro atoms. The Kier molecular flexibility index (Phi) is 11.3. The van der Waals surface area contributed by atoms with Crippen LogP contribution < -0.4 is 19.7 Å². The predicted molar refractivity (Wildman–Crippen MR) is 240 cm³/mol. The molecule has 1 aliphatic carbocycles. The van der Waals surface area contributed by atoms with Gasteiger partial charge in [0.1, 0.15) is 48.3 Å². The average molecular weight is 867 g/mol. The van der Waals surface area contributed by atoms with Gasteiger partial charge < -0.3 is 29.3 Å². The van der Waals surface area contributed by atoms with Gasteiger partial charge in [0, 0.05) is 28.7 Å². The van der Waals surface area contributed by atoms with Crippen molar-refractivity contribution in [1.29, 1.82) is 0 Å². The standard InChI is InChI=1S/C47H59FN6O7Si/c1-24(2)62(25(3)4,26(5)6)20-19-28-13-11-14-29-21-30(49-45(56)61-47(8,9)10)22-32(36(28)29)39-38(48)40-37-42(52-44(51-40)60-35-16-12-15-34(35)55)53-23-31-17-18-33(54(31)46(57)58)41(53)27(7)59-43(37)50-39/h11,13-14,21-22,24-27,31,33-35,41,55H,12,15-18,23H2,1-10H3,(H,49,56)(H,57,58)/t27-,31+,33?,34+,35+,41?/m0/s1. The second kappa shape index (κ2) is 16.2. The summed E-state index contributed by atoms with van der Waals surface area (Å²) in [5.74, 6) is 3.27. The van der Waals surface area contributed by atoms with Gasteiger partial charge >= 0.3 is 18.2 Å². The zero-order valence-corrected chi connectivity index (χ0v) is 38.4. The van der Waals surface area contributed by atoms with Crippen LogP contribution in [0.4, 0.5) is 25.5 Å². The fourth-order valence-electron chi connectivity index (χ4n) is 10.9. The van der Waals surface area contributed by atoms with Crippen LogP contribution in [0.5, 0.6) is 11.9 Å². The van der Waals surface area contributed by atoms with Crippen molar-refractivity contribution in [3.05, 3.63) is 41.7 Å². The Balaban J connectivity index is 1.39. The van der Waals surface area contributed by atoms with Crippen molar-refractivity contribution in [3.63, 3.8) is 0 Å².